The molecule has 3 rings (SSSR count). The normalized spacial score (nSPS) is 32.6. The first-order valence-corrected chi connectivity index (χ1v) is 7.13. The molecule has 19 heavy (non-hydrogen) atoms. The van der Waals surface area contributed by atoms with Crippen molar-refractivity contribution in [2.24, 2.45) is 18.4 Å². The van der Waals surface area contributed by atoms with Crippen molar-refractivity contribution >= 4 is 5.91 Å². The zero-order chi connectivity index (χ0) is 13.8. The standard InChI is InChI=1S/C15H23N3O/c1-14(2)11-5-7-15(3,9-11)10-18(14)13(19)12-6-8-17(4)16-12/h6,8,11H,5,7,9-10H2,1-4H3/t11-,15+/m0/s1. The van der Waals surface area contributed by atoms with E-state index in [2.05, 4.69) is 30.8 Å². The number of piperidine rings is 1. The summed E-state index contributed by atoms with van der Waals surface area (Å²) in [4.78, 5) is 14.8. The van der Waals surface area contributed by atoms with E-state index < -0.39 is 0 Å². The molecule has 1 aliphatic carbocycles. The van der Waals surface area contributed by atoms with E-state index >= 15 is 0 Å². The first kappa shape index (κ1) is 12.7. The quantitative estimate of drug-likeness (QED) is 0.779. The first-order chi connectivity index (χ1) is 8.82. The Morgan fingerprint density at radius 1 is 1.42 bits per heavy atom. The van der Waals surface area contributed by atoms with Crippen molar-refractivity contribution < 1.29 is 4.79 Å². The molecule has 0 spiro atoms. The number of rotatable bonds is 1. The lowest BCUT2D eigenvalue weighted by molar-refractivity contribution is 0.000322. The van der Waals surface area contributed by atoms with Gasteiger partial charge in [-0.1, -0.05) is 6.92 Å². The van der Waals surface area contributed by atoms with Crippen LogP contribution in [0.25, 0.3) is 0 Å². The van der Waals surface area contributed by atoms with Crippen LogP contribution in [0.3, 0.4) is 0 Å². The molecule has 1 amide bonds. The van der Waals surface area contributed by atoms with Gasteiger partial charge in [-0.3, -0.25) is 9.48 Å². The molecule has 2 heterocycles. The average Bonchev–Trinajstić information content (AvgIpc) is 2.90. The Bertz CT molecular complexity index is 519. The first-order valence-electron chi connectivity index (χ1n) is 7.13. The molecule has 104 valence electrons. The number of amides is 1. The van der Waals surface area contributed by atoms with Crippen molar-refractivity contribution in [3.05, 3.63) is 18.0 Å². The number of likely N-dealkylation sites (tertiary alicyclic amines) is 1. The average molecular weight is 261 g/mol. The van der Waals surface area contributed by atoms with E-state index in [0.717, 1.165) is 6.54 Å². The van der Waals surface area contributed by atoms with Gasteiger partial charge < -0.3 is 4.90 Å². The van der Waals surface area contributed by atoms with E-state index in [1.54, 1.807) is 4.68 Å². The van der Waals surface area contributed by atoms with Gasteiger partial charge >= 0.3 is 0 Å². The topological polar surface area (TPSA) is 38.1 Å². The number of nitrogens with zero attached hydrogens (tertiary/aromatic N) is 3. The van der Waals surface area contributed by atoms with Crippen LogP contribution in [0, 0.1) is 11.3 Å². The highest BCUT2D eigenvalue weighted by Crippen LogP contribution is 2.53. The number of aryl methyl sites for hydroxylation is 1. The van der Waals surface area contributed by atoms with Gasteiger partial charge in [-0.25, -0.2) is 0 Å². The van der Waals surface area contributed by atoms with Gasteiger partial charge in [-0.15, -0.1) is 0 Å². The SMILES string of the molecule is Cn1ccc(C(=O)N2C[C@]3(C)CC[C@@H](C3)C2(C)C)n1. The number of fused-ring (bicyclic) bond motifs is 2. The maximum absolute atomic E-state index is 12.7. The summed E-state index contributed by atoms with van der Waals surface area (Å²) in [7, 11) is 1.85. The van der Waals surface area contributed by atoms with Crippen LogP contribution in [0.1, 0.15) is 50.5 Å². The van der Waals surface area contributed by atoms with Crippen LogP contribution in [-0.4, -0.2) is 32.7 Å². The van der Waals surface area contributed by atoms with Gasteiger partial charge in [0.2, 0.25) is 0 Å². The van der Waals surface area contributed by atoms with E-state index in [4.69, 9.17) is 0 Å². The molecule has 1 aliphatic heterocycles. The molecule has 4 nitrogen and oxygen atoms in total. The Labute approximate surface area is 114 Å². The van der Waals surface area contributed by atoms with Gasteiger partial charge in [0.15, 0.2) is 0 Å². The zero-order valence-electron chi connectivity index (χ0n) is 12.3. The molecule has 0 N–H and O–H groups in total. The second kappa shape index (κ2) is 3.84. The molecule has 1 saturated carbocycles. The molecular weight excluding hydrogens is 238 g/mol. The Morgan fingerprint density at radius 2 is 2.16 bits per heavy atom. The van der Waals surface area contributed by atoms with Crippen molar-refractivity contribution in [2.45, 2.75) is 45.6 Å². The lowest BCUT2D eigenvalue weighted by Crippen LogP contribution is -2.57. The molecule has 2 atom stereocenters. The highest BCUT2D eigenvalue weighted by atomic mass is 16.2. The van der Waals surface area contributed by atoms with E-state index in [0.29, 0.717) is 17.0 Å². The summed E-state index contributed by atoms with van der Waals surface area (Å²) in [6.07, 6.45) is 5.58. The summed E-state index contributed by atoms with van der Waals surface area (Å²) in [6, 6.07) is 1.82. The van der Waals surface area contributed by atoms with Crippen LogP contribution in [0.15, 0.2) is 12.3 Å². The largest absolute Gasteiger partial charge is 0.331 e. The van der Waals surface area contributed by atoms with Crippen molar-refractivity contribution in [1.29, 1.82) is 0 Å². The molecular formula is C15H23N3O. The molecule has 2 aliphatic rings. The van der Waals surface area contributed by atoms with Crippen LogP contribution in [0.5, 0.6) is 0 Å². The molecule has 0 unspecified atom stereocenters. The minimum atomic E-state index is -0.0510. The van der Waals surface area contributed by atoms with Crippen LogP contribution >= 0.6 is 0 Å². The number of hydrogen-bond acceptors (Lipinski definition) is 2. The lowest BCUT2D eigenvalue weighted by Gasteiger charge is -2.49. The third kappa shape index (κ3) is 1.88. The van der Waals surface area contributed by atoms with E-state index in [1.165, 1.54) is 19.3 Å². The van der Waals surface area contributed by atoms with Crippen molar-refractivity contribution in [1.82, 2.24) is 14.7 Å². The Morgan fingerprint density at radius 3 is 2.79 bits per heavy atom. The summed E-state index contributed by atoms with van der Waals surface area (Å²) in [5.41, 5.74) is 0.829. The fourth-order valence-corrected chi connectivity index (χ4v) is 3.88. The number of hydrogen-bond donors (Lipinski definition) is 0. The predicted octanol–water partition coefficient (Wildman–Crippen LogP) is 2.46. The molecule has 1 aromatic rings. The molecule has 2 bridgehead atoms. The number of carbonyl (C=O) groups excluding carboxylic acids is 1. The second-order valence-corrected chi connectivity index (χ2v) is 7.17. The Balaban J connectivity index is 1.93. The van der Waals surface area contributed by atoms with Crippen molar-refractivity contribution in [3.8, 4) is 0 Å². The number of carbonyl (C=O) groups is 1. The second-order valence-electron chi connectivity index (χ2n) is 7.17. The van der Waals surface area contributed by atoms with Crippen LogP contribution in [0.4, 0.5) is 0 Å². The van der Waals surface area contributed by atoms with Gasteiger partial charge in [0.25, 0.3) is 5.91 Å². The molecule has 0 aromatic carbocycles. The van der Waals surface area contributed by atoms with Gasteiger partial charge in [0, 0.05) is 25.3 Å². The van der Waals surface area contributed by atoms with Gasteiger partial charge in [0.05, 0.1) is 0 Å². The van der Waals surface area contributed by atoms with E-state index in [-0.39, 0.29) is 11.4 Å². The van der Waals surface area contributed by atoms with Crippen LogP contribution in [-0.2, 0) is 7.05 Å². The maximum atomic E-state index is 12.7. The maximum Gasteiger partial charge on any atom is 0.274 e. The smallest absolute Gasteiger partial charge is 0.274 e. The lowest BCUT2D eigenvalue weighted by atomic mass is 9.75. The summed E-state index contributed by atoms with van der Waals surface area (Å²) < 4.78 is 1.69. The Kier molecular flexibility index (Phi) is 2.57. The summed E-state index contributed by atoms with van der Waals surface area (Å²) in [6.45, 7) is 7.61. The van der Waals surface area contributed by atoms with E-state index in [9.17, 15) is 4.79 Å². The zero-order valence-corrected chi connectivity index (χ0v) is 12.3. The Hall–Kier alpha value is -1.32. The predicted molar refractivity (Wildman–Crippen MR) is 73.8 cm³/mol. The number of aromatic nitrogens is 2. The summed E-state index contributed by atoms with van der Waals surface area (Å²) >= 11 is 0. The highest BCUT2D eigenvalue weighted by Gasteiger charge is 2.52. The molecule has 1 aromatic heterocycles. The third-order valence-corrected chi connectivity index (χ3v) is 5.25. The fourth-order valence-electron chi connectivity index (χ4n) is 3.88. The minimum Gasteiger partial charge on any atom is -0.331 e. The van der Waals surface area contributed by atoms with Gasteiger partial charge in [0.1, 0.15) is 5.69 Å². The molecule has 4 heteroatoms. The molecule has 2 fully saturated rings. The minimum absolute atomic E-state index is 0.0510. The monoisotopic (exact) mass is 261 g/mol. The fraction of sp³-hybridized carbons (Fsp3) is 0.733. The van der Waals surface area contributed by atoms with E-state index in [1.807, 2.05) is 19.3 Å². The van der Waals surface area contributed by atoms with Crippen molar-refractivity contribution in [3.63, 3.8) is 0 Å². The molecule has 0 radical (unpaired) electrons. The highest BCUT2D eigenvalue weighted by molar-refractivity contribution is 5.93. The third-order valence-electron chi connectivity index (χ3n) is 5.25. The summed E-state index contributed by atoms with van der Waals surface area (Å²) in [5.74, 6) is 0.710. The van der Waals surface area contributed by atoms with Gasteiger partial charge in [-0.2, -0.15) is 5.10 Å². The summed E-state index contributed by atoms with van der Waals surface area (Å²) in [5, 5.41) is 4.27. The van der Waals surface area contributed by atoms with Crippen LogP contribution in [0.2, 0.25) is 0 Å². The molecule has 1 saturated heterocycles. The van der Waals surface area contributed by atoms with Crippen molar-refractivity contribution in [2.75, 3.05) is 6.54 Å². The van der Waals surface area contributed by atoms with Gasteiger partial charge in [-0.05, 0) is 50.5 Å². The van der Waals surface area contributed by atoms with Crippen LogP contribution < -0.4 is 0 Å².